The predicted octanol–water partition coefficient (Wildman–Crippen LogP) is 6.39. The summed E-state index contributed by atoms with van der Waals surface area (Å²) < 4.78 is 2.55. The summed E-state index contributed by atoms with van der Waals surface area (Å²) in [5.41, 5.74) is 10.1. The van der Waals surface area contributed by atoms with Crippen molar-refractivity contribution in [3.05, 3.63) is 88.6 Å². The minimum Gasteiger partial charge on any atom is -0.336 e. The van der Waals surface area contributed by atoms with Gasteiger partial charge in [0, 0.05) is 22.9 Å². The number of benzene rings is 2. The van der Waals surface area contributed by atoms with E-state index in [4.69, 9.17) is 0 Å². The molecule has 0 saturated carbocycles. The Bertz CT molecular complexity index is 1070. The standard InChI is InChI=1S/C25H25N/c1-17-13-14-22-20(15-17)23-24(26(22)16-18-9-5-4-6-10-18)19-11-7-8-12-21(19)25(23,2)3/h4-6,9-15H,7-8,16H2,1-3H3. The zero-order valence-electron chi connectivity index (χ0n) is 15.8. The third-order valence-corrected chi connectivity index (χ3v) is 6.11. The monoisotopic (exact) mass is 339 g/mol. The minimum absolute atomic E-state index is 0.0789. The van der Waals surface area contributed by atoms with Crippen molar-refractivity contribution >= 4 is 16.5 Å². The largest absolute Gasteiger partial charge is 0.336 e. The molecule has 0 amide bonds. The topological polar surface area (TPSA) is 4.93 Å². The zero-order chi connectivity index (χ0) is 17.9. The Balaban J connectivity index is 1.84. The van der Waals surface area contributed by atoms with Crippen LogP contribution in [0, 0.1) is 6.92 Å². The molecule has 2 aromatic carbocycles. The third-order valence-electron chi connectivity index (χ3n) is 6.11. The number of fused-ring (bicyclic) bond motifs is 5. The van der Waals surface area contributed by atoms with Gasteiger partial charge in [-0.25, -0.2) is 0 Å². The summed E-state index contributed by atoms with van der Waals surface area (Å²) >= 11 is 0. The van der Waals surface area contributed by atoms with Gasteiger partial charge in [-0.1, -0.05) is 68.0 Å². The number of rotatable bonds is 2. The van der Waals surface area contributed by atoms with E-state index in [1.54, 1.807) is 0 Å². The second-order valence-electron chi connectivity index (χ2n) is 8.25. The fourth-order valence-electron chi connectivity index (χ4n) is 4.94. The summed E-state index contributed by atoms with van der Waals surface area (Å²) in [5, 5.41) is 1.43. The van der Waals surface area contributed by atoms with Gasteiger partial charge in [0.1, 0.15) is 0 Å². The first-order valence-electron chi connectivity index (χ1n) is 9.66. The van der Waals surface area contributed by atoms with Crippen LogP contribution >= 0.6 is 0 Å². The van der Waals surface area contributed by atoms with Crippen molar-refractivity contribution in [3.8, 4) is 0 Å². The molecule has 1 aromatic heterocycles. The number of aromatic nitrogens is 1. The number of allylic oxidation sites excluding steroid dienone is 4. The molecule has 5 rings (SSSR count). The Morgan fingerprint density at radius 2 is 1.73 bits per heavy atom. The quantitative estimate of drug-likeness (QED) is 0.509. The van der Waals surface area contributed by atoms with E-state index in [-0.39, 0.29) is 5.41 Å². The molecule has 1 heteroatoms. The summed E-state index contributed by atoms with van der Waals surface area (Å²) in [6, 6.07) is 17.8. The lowest BCUT2D eigenvalue weighted by Crippen LogP contribution is -2.15. The Labute approximate surface area is 155 Å². The van der Waals surface area contributed by atoms with E-state index in [0.29, 0.717) is 0 Å². The van der Waals surface area contributed by atoms with Crippen LogP contribution in [0.3, 0.4) is 0 Å². The lowest BCUT2D eigenvalue weighted by atomic mass is 9.79. The van der Waals surface area contributed by atoms with Crippen molar-refractivity contribution in [3.63, 3.8) is 0 Å². The molecule has 130 valence electrons. The Hall–Kier alpha value is -2.54. The molecule has 0 spiro atoms. The molecule has 1 nitrogen and oxygen atoms in total. The zero-order valence-corrected chi connectivity index (χ0v) is 15.8. The fraction of sp³-hybridized carbons (Fsp3) is 0.280. The van der Waals surface area contributed by atoms with Crippen molar-refractivity contribution < 1.29 is 0 Å². The average Bonchev–Trinajstić information content (AvgIpc) is 3.08. The van der Waals surface area contributed by atoms with Gasteiger partial charge in [-0.15, -0.1) is 0 Å². The molecule has 0 N–H and O–H groups in total. The number of aryl methyl sites for hydroxylation is 1. The van der Waals surface area contributed by atoms with Crippen molar-refractivity contribution in [2.45, 2.75) is 45.6 Å². The van der Waals surface area contributed by atoms with Crippen LogP contribution in [0.1, 0.15) is 49.1 Å². The molecule has 0 saturated heterocycles. The van der Waals surface area contributed by atoms with Crippen LogP contribution < -0.4 is 0 Å². The van der Waals surface area contributed by atoms with Gasteiger partial charge in [0.25, 0.3) is 0 Å². The van der Waals surface area contributed by atoms with Crippen molar-refractivity contribution in [1.82, 2.24) is 4.57 Å². The molecule has 2 aliphatic carbocycles. The SMILES string of the molecule is Cc1ccc2c(c1)c1c(n2Cc2ccccc2)C2=CCCC=C2C1(C)C. The molecule has 0 atom stereocenters. The van der Waals surface area contributed by atoms with Crippen LogP contribution in [0.2, 0.25) is 0 Å². The van der Waals surface area contributed by atoms with Crippen LogP contribution in [-0.4, -0.2) is 4.57 Å². The summed E-state index contributed by atoms with van der Waals surface area (Å²) in [6.45, 7) is 7.93. The Morgan fingerprint density at radius 3 is 2.54 bits per heavy atom. The summed E-state index contributed by atoms with van der Waals surface area (Å²) in [5.74, 6) is 0. The maximum absolute atomic E-state index is 2.55. The Kier molecular flexibility index (Phi) is 3.31. The van der Waals surface area contributed by atoms with Gasteiger partial charge in [-0.3, -0.25) is 0 Å². The molecule has 26 heavy (non-hydrogen) atoms. The van der Waals surface area contributed by atoms with E-state index in [0.717, 1.165) is 13.0 Å². The molecule has 1 heterocycles. The molecule has 0 aliphatic heterocycles. The van der Waals surface area contributed by atoms with Crippen molar-refractivity contribution in [2.24, 2.45) is 0 Å². The smallest absolute Gasteiger partial charge is 0.0535 e. The van der Waals surface area contributed by atoms with Crippen LogP contribution in [0.5, 0.6) is 0 Å². The van der Waals surface area contributed by atoms with Gasteiger partial charge >= 0.3 is 0 Å². The highest BCUT2D eigenvalue weighted by Crippen LogP contribution is 2.55. The maximum atomic E-state index is 2.55. The van der Waals surface area contributed by atoms with Gasteiger partial charge in [-0.2, -0.15) is 0 Å². The van der Waals surface area contributed by atoms with E-state index < -0.39 is 0 Å². The fourth-order valence-corrected chi connectivity index (χ4v) is 4.94. The Morgan fingerprint density at radius 1 is 0.962 bits per heavy atom. The van der Waals surface area contributed by atoms with Crippen molar-refractivity contribution in [1.29, 1.82) is 0 Å². The highest BCUT2D eigenvalue weighted by Gasteiger charge is 2.43. The van der Waals surface area contributed by atoms with E-state index in [1.807, 2.05) is 0 Å². The molecule has 0 bridgehead atoms. The number of hydrogen-bond donors (Lipinski definition) is 0. The molecular formula is C25H25N. The number of hydrogen-bond acceptors (Lipinski definition) is 0. The molecule has 3 aromatic rings. The van der Waals surface area contributed by atoms with Gasteiger partial charge in [0.15, 0.2) is 0 Å². The molecular weight excluding hydrogens is 314 g/mol. The van der Waals surface area contributed by atoms with Gasteiger partial charge in [-0.05, 0) is 54.2 Å². The van der Waals surface area contributed by atoms with Crippen LogP contribution in [-0.2, 0) is 12.0 Å². The average molecular weight is 339 g/mol. The van der Waals surface area contributed by atoms with Crippen LogP contribution in [0.25, 0.3) is 16.5 Å². The second kappa shape index (κ2) is 5.48. The van der Waals surface area contributed by atoms with Crippen LogP contribution in [0.15, 0.2) is 66.3 Å². The summed E-state index contributed by atoms with van der Waals surface area (Å²) in [7, 11) is 0. The first kappa shape index (κ1) is 15.7. The highest BCUT2D eigenvalue weighted by molar-refractivity contribution is 6.01. The van der Waals surface area contributed by atoms with Crippen LogP contribution in [0.4, 0.5) is 0 Å². The highest BCUT2D eigenvalue weighted by atomic mass is 15.0. The second-order valence-corrected chi connectivity index (χ2v) is 8.25. The molecule has 2 aliphatic rings. The van der Waals surface area contributed by atoms with E-state index in [2.05, 4.69) is 86.0 Å². The van der Waals surface area contributed by atoms with Gasteiger partial charge < -0.3 is 4.57 Å². The lowest BCUT2D eigenvalue weighted by molar-refractivity contribution is 0.659. The first-order valence-corrected chi connectivity index (χ1v) is 9.66. The summed E-state index contributed by atoms with van der Waals surface area (Å²) in [4.78, 5) is 0. The van der Waals surface area contributed by atoms with E-state index in [9.17, 15) is 0 Å². The predicted molar refractivity (Wildman–Crippen MR) is 111 cm³/mol. The summed E-state index contributed by atoms with van der Waals surface area (Å²) in [6.07, 6.45) is 7.27. The molecule has 0 radical (unpaired) electrons. The van der Waals surface area contributed by atoms with E-state index in [1.165, 1.54) is 50.9 Å². The third kappa shape index (κ3) is 2.10. The minimum atomic E-state index is 0.0789. The first-order chi connectivity index (χ1) is 12.6. The number of nitrogens with zero attached hydrogens (tertiary/aromatic N) is 1. The molecule has 0 fully saturated rings. The maximum Gasteiger partial charge on any atom is 0.0535 e. The van der Waals surface area contributed by atoms with E-state index >= 15 is 0 Å². The lowest BCUT2D eigenvalue weighted by Gasteiger charge is -2.24. The van der Waals surface area contributed by atoms with Gasteiger partial charge in [0.05, 0.1) is 5.69 Å². The molecule has 0 unspecified atom stereocenters. The normalized spacial score (nSPS) is 17.7. The van der Waals surface area contributed by atoms with Crippen molar-refractivity contribution in [2.75, 3.05) is 0 Å². The van der Waals surface area contributed by atoms with Gasteiger partial charge in [0.2, 0.25) is 0 Å².